The predicted octanol–water partition coefficient (Wildman–Crippen LogP) is 2.13. The number of para-hydroxylation sites is 1. The minimum absolute atomic E-state index is 0.101. The maximum atomic E-state index is 13.3. The van der Waals surface area contributed by atoms with Crippen LogP contribution in [0.3, 0.4) is 0 Å². The van der Waals surface area contributed by atoms with E-state index < -0.39 is 18.1 Å². The lowest BCUT2D eigenvalue weighted by Crippen LogP contribution is -2.53. The highest BCUT2D eigenvalue weighted by Gasteiger charge is 2.44. The Bertz CT molecular complexity index is 1170. The molecule has 2 aliphatic heterocycles. The molecule has 8 heteroatoms. The summed E-state index contributed by atoms with van der Waals surface area (Å²) >= 11 is 0. The van der Waals surface area contributed by atoms with Crippen LogP contribution in [0.25, 0.3) is 10.9 Å². The number of ether oxygens (including phenoxy) is 3. The number of likely N-dealkylation sites (N-methyl/N-ethyl adjacent to an activating group) is 1. The van der Waals surface area contributed by atoms with Gasteiger partial charge in [-0.25, -0.2) is 4.79 Å². The lowest BCUT2D eigenvalue weighted by Gasteiger charge is -2.41. The molecule has 1 unspecified atom stereocenters. The van der Waals surface area contributed by atoms with Gasteiger partial charge in [-0.05, 0) is 36.4 Å². The number of aromatic nitrogens is 1. The third-order valence-electron chi connectivity index (χ3n) is 5.93. The molecule has 2 aliphatic rings. The summed E-state index contributed by atoms with van der Waals surface area (Å²) < 4.78 is 16.1. The van der Waals surface area contributed by atoms with Gasteiger partial charge in [-0.3, -0.25) is 4.79 Å². The molecule has 0 radical (unpaired) electrons. The van der Waals surface area contributed by atoms with E-state index in [1.807, 2.05) is 42.5 Å². The number of H-pyrrole nitrogens is 1. The number of carbonyl (C=O) groups excluding carboxylic acids is 2. The molecule has 0 saturated carbocycles. The number of hydrogen-bond acceptors (Lipinski definition) is 6. The molecular weight excluding hydrogens is 398 g/mol. The van der Waals surface area contributed by atoms with Crippen molar-refractivity contribution in [1.82, 2.24) is 15.2 Å². The Balaban J connectivity index is 1.73. The van der Waals surface area contributed by atoms with E-state index >= 15 is 0 Å². The molecular formula is C23H23N3O5. The van der Waals surface area contributed by atoms with E-state index in [1.54, 1.807) is 11.9 Å². The van der Waals surface area contributed by atoms with Gasteiger partial charge in [0.2, 0.25) is 12.7 Å². The van der Waals surface area contributed by atoms with Crippen molar-refractivity contribution < 1.29 is 23.8 Å². The van der Waals surface area contributed by atoms with E-state index in [0.29, 0.717) is 17.9 Å². The van der Waals surface area contributed by atoms with Crippen LogP contribution in [-0.2, 0) is 20.7 Å². The normalized spacial score (nSPS) is 19.4. The molecule has 2 N–H and O–H groups in total. The van der Waals surface area contributed by atoms with Crippen molar-refractivity contribution in [3.63, 3.8) is 0 Å². The van der Waals surface area contributed by atoms with Gasteiger partial charge < -0.3 is 29.4 Å². The minimum Gasteiger partial charge on any atom is -0.467 e. The highest BCUT2D eigenvalue weighted by molar-refractivity contribution is 5.91. The average molecular weight is 421 g/mol. The number of esters is 1. The van der Waals surface area contributed by atoms with Crippen LogP contribution in [0.4, 0.5) is 0 Å². The Hall–Kier alpha value is -3.52. The first-order chi connectivity index (χ1) is 15.1. The zero-order valence-electron chi connectivity index (χ0n) is 17.3. The van der Waals surface area contributed by atoms with Crippen LogP contribution in [0.1, 0.15) is 22.9 Å². The van der Waals surface area contributed by atoms with Gasteiger partial charge in [0, 0.05) is 23.0 Å². The van der Waals surface area contributed by atoms with E-state index in [2.05, 4.69) is 10.3 Å². The Morgan fingerprint density at radius 3 is 2.81 bits per heavy atom. The summed E-state index contributed by atoms with van der Waals surface area (Å²) in [4.78, 5) is 31.2. The van der Waals surface area contributed by atoms with Crippen molar-refractivity contribution in [2.24, 2.45) is 0 Å². The second-order valence-electron chi connectivity index (χ2n) is 7.65. The van der Waals surface area contributed by atoms with Crippen LogP contribution in [0.5, 0.6) is 11.5 Å². The van der Waals surface area contributed by atoms with Crippen molar-refractivity contribution >= 4 is 22.8 Å². The number of carbonyl (C=O) groups is 2. The Labute approximate surface area is 179 Å². The maximum Gasteiger partial charge on any atom is 0.328 e. The number of methoxy groups -OCH3 is 1. The summed E-state index contributed by atoms with van der Waals surface area (Å²) in [7, 11) is 3.06. The lowest BCUT2D eigenvalue weighted by atomic mass is 9.87. The van der Waals surface area contributed by atoms with E-state index in [4.69, 9.17) is 14.2 Å². The smallest absolute Gasteiger partial charge is 0.328 e. The van der Waals surface area contributed by atoms with E-state index in [1.165, 1.54) is 7.11 Å². The van der Waals surface area contributed by atoms with Crippen molar-refractivity contribution in [3.05, 3.63) is 59.3 Å². The van der Waals surface area contributed by atoms with Gasteiger partial charge in [0.15, 0.2) is 11.5 Å². The Kier molecular flexibility index (Phi) is 4.78. The minimum atomic E-state index is -0.743. The quantitative estimate of drug-likeness (QED) is 0.627. The molecule has 1 amide bonds. The fraction of sp³-hybridized carbons (Fsp3) is 0.304. The van der Waals surface area contributed by atoms with Gasteiger partial charge in [0.1, 0.15) is 6.04 Å². The number of aromatic amines is 1. The van der Waals surface area contributed by atoms with E-state index in [9.17, 15) is 9.59 Å². The summed E-state index contributed by atoms with van der Waals surface area (Å²) in [6.07, 6.45) is 0.378. The molecule has 5 rings (SSSR count). The molecule has 3 heterocycles. The van der Waals surface area contributed by atoms with Crippen LogP contribution in [0, 0.1) is 0 Å². The zero-order valence-corrected chi connectivity index (χ0v) is 17.3. The van der Waals surface area contributed by atoms with E-state index in [-0.39, 0.29) is 19.2 Å². The predicted molar refractivity (Wildman–Crippen MR) is 113 cm³/mol. The zero-order chi connectivity index (χ0) is 21.5. The molecule has 31 heavy (non-hydrogen) atoms. The highest BCUT2D eigenvalue weighted by atomic mass is 16.7. The summed E-state index contributed by atoms with van der Waals surface area (Å²) in [6, 6.07) is 12.3. The first-order valence-corrected chi connectivity index (χ1v) is 10.1. The molecule has 0 saturated heterocycles. The number of nitrogens with one attached hydrogen (secondary N) is 2. The molecule has 0 fully saturated rings. The summed E-state index contributed by atoms with van der Waals surface area (Å²) in [6.45, 7) is 0.262. The molecule has 0 aliphatic carbocycles. The van der Waals surface area contributed by atoms with Crippen LogP contribution in [-0.4, -0.2) is 55.3 Å². The molecule has 2 atom stereocenters. The summed E-state index contributed by atoms with van der Waals surface area (Å²) in [5, 5.41) is 3.95. The largest absolute Gasteiger partial charge is 0.467 e. The number of nitrogens with zero attached hydrogens (tertiary/aromatic N) is 1. The fourth-order valence-corrected chi connectivity index (χ4v) is 4.59. The Morgan fingerprint density at radius 2 is 2.00 bits per heavy atom. The third-order valence-corrected chi connectivity index (χ3v) is 5.93. The lowest BCUT2D eigenvalue weighted by molar-refractivity contribution is -0.154. The molecule has 0 bridgehead atoms. The first kappa shape index (κ1) is 19.4. The number of fused-ring (bicyclic) bond motifs is 4. The summed E-state index contributed by atoms with van der Waals surface area (Å²) in [5.74, 6) is 0.654. The van der Waals surface area contributed by atoms with Gasteiger partial charge in [0.25, 0.3) is 0 Å². The molecule has 160 valence electrons. The number of amides is 1. The topological polar surface area (TPSA) is 92.9 Å². The molecule has 8 nitrogen and oxygen atoms in total. The van der Waals surface area contributed by atoms with Crippen molar-refractivity contribution in [3.8, 4) is 11.5 Å². The van der Waals surface area contributed by atoms with Crippen LogP contribution >= 0.6 is 0 Å². The van der Waals surface area contributed by atoms with Crippen molar-refractivity contribution in [2.45, 2.75) is 18.5 Å². The highest BCUT2D eigenvalue weighted by Crippen LogP contribution is 2.43. The number of benzene rings is 2. The van der Waals surface area contributed by atoms with Gasteiger partial charge in [0.05, 0.1) is 19.7 Å². The van der Waals surface area contributed by atoms with Crippen molar-refractivity contribution in [1.29, 1.82) is 0 Å². The third kappa shape index (κ3) is 3.11. The van der Waals surface area contributed by atoms with Gasteiger partial charge in [-0.2, -0.15) is 0 Å². The van der Waals surface area contributed by atoms with Crippen LogP contribution in [0.15, 0.2) is 42.5 Å². The van der Waals surface area contributed by atoms with Gasteiger partial charge in [-0.15, -0.1) is 0 Å². The van der Waals surface area contributed by atoms with Crippen LogP contribution < -0.4 is 14.8 Å². The first-order valence-electron chi connectivity index (χ1n) is 10.1. The molecule has 0 spiro atoms. The SMILES string of the molecule is CNCC(=O)N1C(C(=O)OC)Cc2c([nH]c3ccccc23)[C@@H]1c1ccc2c(c1)OCO2. The number of hydrogen-bond donors (Lipinski definition) is 2. The fourth-order valence-electron chi connectivity index (χ4n) is 4.59. The van der Waals surface area contributed by atoms with Gasteiger partial charge >= 0.3 is 5.97 Å². The van der Waals surface area contributed by atoms with E-state index in [0.717, 1.165) is 27.7 Å². The second kappa shape index (κ2) is 7.63. The van der Waals surface area contributed by atoms with Gasteiger partial charge in [-0.1, -0.05) is 24.3 Å². The Morgan fingerprint density at radius 1 is 1.19 bits per heavy atom. The molecule has 2 aromatic carbocycles. The molecule has 3 aromatic rings. The summed E-state index contributed by atoms with van der Waals surface area (Å²) in [5.41, 5.74) is 3.70. The monoisotopic (exact) mass is 421 g/mol. The maximum absolute atomic E-state index is 13.3. The van der Waals surface area contributed by atoms with Crippen LogP contribution in [0.2, 0.25) is 0 Å². The molecule has 1 aromatic heterocycles. The standard InChI is InChI=1S/C23H23N3O5/c1-24-11-20(27)26-17(23(28)29-2)10-15-14-5-3-4-6-16(14)25-21(15)22(26)13-7-8-18-19(9-13)31-12-30-18/h3-9,17,22,24-25H,10-12H2,1-2H3/t17?,22-/m0/s1. The van der Waals surface area contributed by atoms with Crippen molar-refractivity contribution in [2.75, 3.05) is 27.5 Å². The number of rotatable bonds is 4. The average Bonchev–Trinajstić information content (AvgIpc) is 3.41. The second-order valence-corrected chi connectivity index (χ2v) is 7.65.